The fraction of sp³-hybridized carbons (Fsp3) is 0.550. The number of hydrogen-bond donors (Lipinski definition) is 1. The van der Waals surface area contributed by atoms with E-state index >= 15 is 0 Å². The minimum absolute atomic E-state index is 0.0469. The van der Waals surface area contributed by atoms with Crippen LogP contribution in [0.3, 0.4) is 0 Å². The summed E-state index contributed by atoms with van der Waals surface area (Å²) in [6.07, 6.45) is 9.49. The topological polar surface area (TPSA) is 71.3 Å². The fourth-order valence-corrected chi connectivity index (χ4v) is 3.90. The summed E-state index contributed by atoms with van der Waals surface area (Å²) in [6.45, 7) is 2.24. The van der Waals surface area contributed by atoms with E-state index in [2.05, 4.69) is 32.5 Å². The normalized spacial score (nSPS) is 18.7. The lowest BCUT2D eigenvalue weighted by Crippen LogP contribution is -2.36. The van der Waals surface area contributed by atoms with Gasteiger partial charge in [-0.25, -0.2) is 0 Å². The third kappa shape index (κ3) is 3.89. The molecule has 0 bridgehead atoms. The predicted octanol–water partition coefficient (Wildman–Crippen LogP) is 3.79. The second-order valence-corrected chi connectivity index (χ2v) is 7.33. The SMILES string of the molecule is O=C(NC1CCCCC1)c1nc(-c2ccc(N3CCCCC3)cc2)no1. The third-order valence-corrected chi connectivity index (χ3v) is 5.41. The van der Waals surface area contributed by atoms with Crippen LogP contribution < -0.4 is 10.2 Å². The molecule has 0 unspecified atom stereocenters. The summed E-state index contributed by atoms with van der Waals surface area (Å²) in [5.41, 5.74) is 2.10. The molecule has 26 heavy (non-hydrogen) atoms. The molecule has 0 radical (unpaired) electrons. The molecule has 1 aliphatic carbocycles. The van der Waals surface area contributed by atoms with Crippen molar-refractivity contribution in [2.75, 3.05) is 18.0 Å². The molecule has 0 spiro atoms. The molecule has 2 aliphatic rings. The van der Waals surface area contributed by atoms with Gasteiger partial charge in [-0.3, -0.25) is 4.79 Å². The zero-order chi connectivity index (χ0) is 17.8. The van der Waals surface area contributed by atoms with Crippen LogP contribution in [0.25, 0.3) is 11.4 Å². The Balaban J connectivity index is 1.41. The molecule has 2 fully saturated rings. The quantitative estimate of drug-likeness (QED) is 0.904. The highest BCUT2D eigenvalue weighted by molar-refractivity contribution is 5.90. The van der Waals surface area contributed by atoms with Crippen LogP contribution in [0.1, 0.15) is 62.1 Å². The first-order valence-corrected chi connectivity index (χ1v) is 9.79. The molecule has 6 heteroatoms. The number of rotatable bonds is 4. The van der Waals surface area contributed by atoms with Gasteiger partial charge in [0.2, 0.25) is 5.82 Å². The Morgan fingerprint density at radius 2 is 1.69 bits per heavy atom. The molecule has 138 valence electrons. The van der Waals surface area contributed by atoms with Crippen LogP contribution in [0, 0.1) is 0 Å². The highest BCUT2D eigenvalue weighted by atomic mass is 16.5. The van der Waals surface area contributed by atoms with Gasteiger partial charge in [0, 0.05) is 30.4 Å². The molecule has 1 aromatic heterocycles. The highest BCUT2D eigenvalue weighted by Gasteiger charge is 2.21. The Hall–Kier alpha value is -2.37. The number of hydrogen-bond acceptors (Lipinski definition) is 5. The van der Waals surface area contributed by atoms with Gasteiger partial charge in [-0.1, -0.05) is 24.4 Å². The molecule has 4 rings (SSSR count). The maximum absolute atomic E-state index is 12.3. The number of piperidine rings is 1. The first-order chi connectivity index (χ1) is 12.8. The molecule has 1 aromatic carbocycles. The zero-order valence-corrected chi connectivity index (χ0v) is 15.1. The Labute approximate surface area is 154 Å². The lowest BCUT2D eigenvalue weighted by atomic mass is 9.95. The number of nitrogens with one attached hydrogen (secondary N) is 1. The molecular weight excluding hydrogens is 328 g/mol. The number of benzene rings is 1. The van der Waals surface area contributed by atoms with E-state index in [1.54, 1.807) is 0 Å². The molecule has 2 aromatic rings. The van der Waals surface area contributed by atoms with Gasteiger partial charge >= 0.3 is 11.8 Å². The smallest absolute Gasteiger partial charge is 0.316 e. The molecule has 1 N–H and O–H groups in total. The largest absolute Gasteiger partial charge is 0.372 e. The van der Waals surface area contributed by atoms with Crippen molar-refractivity contribution >= 4 is 11.6 Å². The van der Waals surface area contributed by atoms with Crippen LogP contribution in [-0.4, -0.2) is 35.2 Å². The fourth-order valence-electron chi connectivity index (χ4n) is 3.90. The monoisotopic (exact) mass is 354 g/mol. The number of nitrogens with zero attached hydrogens (tertiary/aromatic N) is 3. The van der Waals surface area contributed by atoms with E-state index in [4.69, 9.17) is 4.52 Å². The Morgan fingerprint density at radius 3 is 2.42 bits per heavy atom. The van der Waals surface area contributed by atoms with Crippen LogP contribution in [0.4, 0.5) is 5.69 Å². The molecule has 1 aliphatic heterocycles. The predicted molar refractivity (Wildman–Crippen MR) is 100 cm³/mol. The van der Waals surface area contributed by atoms with Gasteiger partial charge in [0.05, 0.1) is 0 Å². The second kappa shape index (κ2) is 7.89. The summed E-state index contributed by atoms with van der Waals surface area (Å²) in [5, 5.41) is 6.99. The van der Waals surface area contributed by atoms with Crippen LogP contribution in [0.5, 0.6) is 0 Å². The maximum Gasteiger partial charge on any atom is 0.316 e. The van der Waals surface area contributed by atoms with E-state index in [9.17, 15) is 4.79 Å². The number of carbonyl (C=O) groups excluding carboxylic acids is 1. The summed E-state index contributed by atoms with van der Waals surface area (Å²) < 4.78 is 5.19. The molecule has 1 saturated carbocycles. The van der Waals surface area contributed by atoms with E-state index in [-0.39, 0.29) is 17.8 Å². The molecule has 6 nitrogen and oxygen atoms in total. The van der Waals surface area contributed by atoms with E-state index in [1.807, 2.05) is 12.1 Å². The molecule has 1 saturated heterocycles. The van der Waals surface area contributed by atoms with E-state index in [0.717, 1.165) is 31.5 Å². The Bertz CT molecular complexity index is 729. The zero-order valence-electron chi connectivity index (χ0n) is 15.1. The van der Waals surface area contributed by atoms with Crippen molar-refractivity contribution in [2.24, 2.45) is 0 Å². The van der Waals surface area contributed by atoms with Crippen molar-refractivity contribution in [3.05, 3.63) is 30.2 Å². The van der Waals surface area contributed by atoms with Gasteiger partial charge in [0.15, 0.2) is 0 Å². The lowest BCUT2D eigenvalue weighted by molar-refractivity contribution is 0.0883. The summed E-state index contributed by atoms with van der Waals surface area (Å²) in [4.78, 5) is 19.0. The van der Waals surface area contributed by atoms with Crippen molar-refractivity contribution in [3.8, 4) is 11.4 Å². The maximum atomic E-state index is 12.3. The van der Waals surface area contributed by atoms with Crippen molar-refractivity contribution in [1.82, 2.24) is 15.5 Å². The second-order valence-electron chi connectivity index (χ2n) is 7.33. The first kappa shape index (κ1) is 17.1. The van der Waals surface area contributed by atoms with Gasteiger partial charge in [-0.2, -0.15) is 4.98 Å². The van der Waals surface area contributed by atoms with Gasteiger partial charge in [0.1, 0.15) is 0 Å². The van der Waals surface area contributed by atoms with Crippen LogP contribution >= 0.6 is 0 Å². The van der Waals surface area contributed by atoms with E-state index < -0.39 is 0 Å². The highest BCUT2D eigenvalue weighted by Crippen LogP contribution is 2.24. The number of anilines is 1. The Morgan fingerprint density at radius 1 is 1.00 bits per heavy atom. The first-order valence-electron chi connectivity index (χ1n) is 9.79. The third-order valence-electron chi connectivity index (χ3n) is 5.41. The molecule has 0 atom stereocenters. The number of aromatic nitrogens is 2. The van der Waals surface area contributed by atoms with Gasteiger partial charge in [-0.15, -0.1) is 0 Å². The van der Waals surface area contributed by atoms with Gasteiger partial charge in [-0.05, 0) is 56.4 Å². The van der Waals surface area contributed by atoms with Crippen LogP contribution in [0.2, 0.25) is 0 Å². The summed E-state index contributed by atoms with van der Waals surface area (Å²) >= 11 is 0. The van der Waals surface area contributed by atoms with Crippen LogP contribution in [0.15, 0.2) is 28.8 Å². The minimum atomic E-state index is -0.263. The summed E-state index contributed by atoms with van der Waals surface area (Å²) in [7, 11) is 0. The standard InChI is InChI=1S/C20H26N4O2/c25-19(21-16-7-3-1-4-8-16)20-22-18(23-26-20)15-9-11-17(12-10-15)24-13-5-2-6-14-24/h9-12,16H,1-8,13-14H2,(H,21,25). The van der Waals surface area contributed by atoms with Gasteiger partial charge < -0.3 is 14.7 Å². The van der Waals surface area contributed by atoms with Crippen LogP contribution in [-0.2, 0) is 0 Å². The molecular formula is C20H26N4O2. The Kier molecular flexibility index (Phi) is 5.18. The van der Waals surface area contributed by atoms with Crippen molar-refractivity contribution in [1.29, 1.82) is 0 Å². The number of carbonyl (C=O) groups is 1. The average Bonchev–Trinajstić information content (AvgIpc) is 3.20. The van der Waals surface area contributed by atoms with Crippen molar-refractivity contribution in [3.63, 3.8) is 0 Å². The lowest BCUT2D eigenvalue weighted by Gasteiger charge is -2.28. The van der Waals surface area contributed by atoms with Crippen molar-refractivity contribution in [2.45, 2.75) is 57.4 Å². The summed E-state index contributed by atoms with van der Waals surface area (Å²) in [5.74, 6) is 0.246. The molecule has 2 heterocycles. The minimum Gasteiger partial charge on any atom is -0.372 e. The number of amides is 1. The summed E-state index contributed by atoms with van der Waals surface area (Å²) in [6, 6.07) is 8.42. The molecule has 1 amide bonds. The van der Waals surface area contributed by atoms with E-state index in [0.29, 0.717) is 5.82 Å². The van der Waals surface area contributed by atoms with E-state index in [1.165, 1.54) is 44.2 Å². The van der Waals surface area contributed by atoms with Crippen molar-refractivity contribution < 1.29 is 9.32 Å². The average molecular weight is 354 g/mol. The van der Waals surface area contributed by atoms with Gasteiger partial charge in [0.25, 0.3) is 0 Å².